The van der Waals surface area contributed by atoms with Gasteiger partial charge in [0.25, 0.3) is 5.91 Å². The Bertz CT molecular complexity index is 1240. The molecule has 150 valence electrons. The number of aromatic nitrogens is 1. The number of hydrogen-bond acceptors (Lipinski definition) is 4. The maximum Gasteiger partial charge on any atom is 0.256 e. The van der Waals surface area contributed by atoms with Crippen molar-refractivity contribution in [3.05, 3.63) is 82.8 Å². The number of nitrogens with one attached hydrogen (secondary N) is 1. The van der Waals surface area contributed by atoms with Gasteiger partial charge in [-0.1, -0.05) is 46.3 Å². The number of ether oxygens (including phenoxy) is 2. The van der Waals surface area contributed by atoms with Gasteiger partial charge < -0.3 is 14.8 Å². The van der Waals surface area contributed by atoms with Crippen molar-refractivity contribution in [1.82, 2.24) is 4.98 Å². The van der Waals surface area contributed by atoms with E-state index in [1.54, 1.807) is 32.4 Å². The summed E-state index contributed by atoms with van der Waals surface area (Å²) in [7, 11) is 3.13. The van der Waals surface area contributed by atoms with Crippen LogP contribution in [-0.4, -0.2) is 25.1 Å². The Labute approximate surface area is 182 Å². The van der Waals surface area contributed by atoms with E-state index in [2.05, 4.69) is 21.2 Å². The van der Waals surface area contributed by atoms with Crippen LogP contribution in [0.25, 0.3) is 22.2 Å². The molecule has 30 heavy (non-hydrogen) atoms. The molecule has 0 aliphatic carbocycles. The maximum absolute atomic E-state index is 13.2. The van der Waals surface area contributed by atoms with Gasteiger partial charge in [-0.3, -0.25) is 4.79 Å². The standard InChI is InChI=1S/C24H19BrN2O3/c1-29-22-11-10-17(13-23(22)30-2)26-24(28)19-14-21(15-6-5-7-16(25)12-15)27-20-9-4-3-8-18(19)20/h3-14H,1-2H3,(H,26,28). The predicted molar refractivity (Wildman–Crippen MR) is 122 cm³/mol. The lowest BCUT2D eigenvalue weighted by molar-refractivity contribution is 0.102. The molecule has 0 spiro atoms. The predicted octanol–water partition coefficient (Wildman–Crippen LogP) is 5.93. The first-order chi connectivity index (χ1) is 14.6. The second-order valence-electron chi connectivity index (χ2n) is 6.61. The average Bonchev–Trinajstić information content (AvgIpc) is 2.78. The molecule has 0 saturated carbocycles. The number of hydrogen-bond donors (Lipinski definition) is 1. The smallest absolute Gasteiger partial charge is 0.256 e. The summed E-state index contributed by atoms with van der Waals surface area (Å²) in [4.78, 5) is 18.0. The third kappa shape index (κ3) is 4.00. The molecule has 5 nitrogen and oxygen atoms in total. The molecule has 4 rings (SSSR count). The summed E-state index contributed by atoms with van der Waals surface area (Å²) in [6.07, 6.45) is 0. The highest BCUT2D eigenvalue weighted by molar-refractivity contribution is 9.10. The van der Waals surface area contributed by atoms with Crippen LogP contribution in [0, 0.1) is 0 Å². The van der Waals surface area contributed by atoms with Gasteiger partial charge in [0, 0.05) is 27.2 Å². The molecular formula is C24H19BrN2O3. The Balaban J connectivity index is 1.76. The van der Waals surface area contributed by atoms with Gasteiger partial charge in [0.15, 0.2) is 11.5 Å². The van der Waals surface area contributed by atoms with Crippen LogP contribution in [0.15, 0.2) is 77.3 Å². The zero-order valence-corrected chi connectivity index (χ0v) is 18.1. The maximum atomic E-state index is 13.2. The minimum absolute atomic E-state index is 0.225. The largest absolute Gasteiger partial charge is 0.493 e. The molecule has 0 saturated heterocycles. The lowest BCUT2D eigenvalue weighted by atomic mass is 10.0. The summed E-state index contributed by atoms with van der Waals surface area (Å²) in [5.41, 5.74) is 3.57. The third-order valence-corrected chi connectivity index (χ3v) is 5.22. The van der Waals surface area contributed by atoms with Gasteiger partial charge in [-0.15, -0.1) is 0 Å². The van der Waals surface area contributed by atoms with Gasteiger partial charge in [-0.25, -0.2) is 4.98 Å². The quantitative estimate of drug-likeness (QED) is 0.398. The van der Waals surface area contributed by atoms with Crippen LogP contribution in [0.5, 0.6) is 11.5 Å². The van der Waals surface area contributed by atoms with Crippen molar-refractivity contribution in [2.45, 2.75) is 0 Å². The van der Waals surface area contributed by atoms with Gasteiger partial charge in [-0.2, -0.15) is 0 Å². The van der Waals surface area contributed by atoms with E-state index in [0.717, 1.165) is 26.6 Å². The first-order valence-electron chi connectivity index (χ1n) is 9.28. The summed E-state index contributed by atoms with van der Waals surface area (Å²) >= 11 is 3.50. The van der Waals surface area contributed by atoms with Gasteiger partial charge >= 0.3 is 0 Å². The second-order valence-corrected chi connectivity index (χ2v) is 7.52. The van der Waals surface area contributed by atoms with Crippen molar-refractivity contribution in [3.63, 3.8) is 0 Å². The van der Waals surface area contributed by atoms with E-state index in [9.17, 15) is 4.79 Å². The van der Waals surface area contributed by atoms with Crippen LogP contribution in [0.3, 0.4) is 0 Å². The molecule has 0 atom stereocenters. The topological polar surface area (TPSA) is 60.5 Å². The molecule has 0 aliphatic heterocycles. The molecule has 0 unspecified atom stereocenters. The Kier molecular flexibility index (Phi) is 5.68. The number of fused-ring (bicyclic) bond motifs is 1. The van der Waals surface area contributed by atoms with Crippen molar-refractivity contribution in [2.24, 2.45) is 0 Å². The van der Waals surface area contributed by atoms with Gasteiger partial charge in [0.05, 0.1) is 31.0 Å². The van der Waals surface area contributed by atoms with Crippen molar-refractivity contribution < 1.29 is 14.3 Å². The summed E-state index contributed by atoms with van der Waals surface area (Å²) in [6, 6.07) is 22.5. The molecule has 0 fully saturated rings. The van der Waals surface area contributed by atoms with Crippen molar-refractivity contribution in [3.8, 4) is 22.8 Å². The molecular weight excluding hydrogens is 444 g/mol. The van der Waals surface area contributed by atoms with Gasteiger partial charge in [0.2, 0.25) is 0 Å². The van der Waals surface area contributed by atoms with E-state index in [4.69, 9.17) is 14.5 Å². The van der Waals surface area contributed by atoms with E-state index < -0.39 is 0 Å². The first-order valence-corrected chi connectivity index (χ1v) is 10.1. The highest BCUT2D eigenvalue weighted by Crippen LogP contribution is 2.31. The highest BCUT2D eigenvalue weighted by atomic mass is 79.9. The number of benzene rings is 3. The number of carbonyl (C=O) groups is 1. The van der Waals surface area contributed by atoms with Crippen LogP contribution in [0.4, 0.5) is 5.69 Å². The lowest BCUT2D eigenvalue weighted by Crippen LogP contribution is -2.13. The van der Waals surface area contributed by atoms with Crippen LogP contribution >= 0.6 is 15.9 Å². The summed E-state index contributed by atoms with van der Waals surface area (Å²) in [5, 5.41) is 3.74. The minimum Gasteiger partial charge on any atom is -0.493 e. The molecule has 6 heteroatoms. The average molecular weight is 463 g/mol. The number of anilines is 1. The van der Waals surface area contributed by atoms with Crippen molar-refractivity contribution >= 4 is 38.4 Å². The van der Waals surface area contributed by atoms with Crippen LogP contribution in [0.1, 0.15) is 10.4 Å². The normalized spacial score (nSPS) is 10.6. The number of rotatable bonds is 5. The lowest BCUT2D eigenvalue weighted by Gasteiger charge is -2.13. The fourth-order valence-electron chi connectivity index (χ4n) is 3.27. The summed E-state index contributed by atoms with van der Waals surface area (Å²) in [5.74, 6) is 0.920. The zero-order chi connectivity index (χ0) is 21.1. The molecule has 3 aromatic carbocycles. The Morgan fingerprint density at radius 2 is 1.70 bits per heavy atom. The van der Waals surface area contributed by atoms with Crippen LogP contribution in [0.2, 0.25) is 0 Å². The Morgan fingerprint density at radius 3 is 2.47 bits per heavy atom. The Hall–Kier alpha value is -3.38. The zero-order valence-electron chi connectivity index (χ0n) is 16.5. The van der Waals surface area contributed by atoms with Crippen LogP contribution < -0.4 is 14.8 Å². The number of nitrogens with zero attached hydrogens (tertiary/aromatic N) is 1. The van der Waals surface area contributed by atoms with Crippen molar-refractivity contribution in [1.29, 1.82) is 0 Å². The fourth-order valence-corrected chi connectivity index (χ4v) is 3.67. The molecule has 1 aromatic heterocycles. The first kappa shape index (κ1) is 19.9. The number of para-hydroxylation sites is 1. The number of amides is 1. The highest BCUT2D eigenvalue weighted by Gasteiger charge is 2.15. The molecule has 1 N–H and O–H groups in total. The number of halogens is 1. The van der Waals surface area contributed by atoms with E-state index >= 15 is 0 Å². The number of pyridine rings is 1. The van der Waals surface area contributed by atoms with Gasteiger partial charge in [0.1, 0.15) is 0 Å². The van der Waals surface area contributed by atoms with E-state index in [1.165, 1.54) is 0 Å². The monoisotopic (exact) mass is 462 g/mol. The van der Waals surface area contributed by atoms with E-state index in [0.29, 0.717) is 22.7 Å². The SMILES string of the molecule is COc1ccc(NC(=O)c2cc(-c3cccc(Br)c3)nc3ccccc23)cc1OC. The third-order valence-electron chi connectivity index (χ3n) is 4.72. The summed E-state index contributed by atoms with van der Waals surface area (Å²) in [6.45, 7) is 0. The Morgan fingerprint density at radius 1 is 0.900 bits per heavy atom. The molecule has 1 amide bonds. The second kappa shape index (κ2) is 8.55. The minimum atomic E-state index is -0.225. The molecule has 0 aliphatic rings. The van der Waals surface area contributed by atoms with E-state index in [-0.39, 0.29) is 5.91 Å². The molecule has 4 aromatic rings. The number of carbonyl (C=O) groups excluding carboxylic acids is 1. The molecule has 0 bridgehead atoms. The molecule has 1 heterocycles. The molecule has 0 radical (unpaired) electrons. The van der Waals surface area contributed by atoms with Crippen LogP contribution in [-0.2, 0) is 0 Å². The summed E-state index contributed by atoms with van der Waals surface area (Å²) < 4.78 is 11.5. The number of methoxy groups -OCH3 is 2. The fraction of sp³-hybridized carbons (Fsp3) is 0.0833. The van der Waals surface area contributed by atoms with E-state index in [1.807, 2.05) is 54.6 Å². The van der Waals surface area contributed by atoms with Crippen molar-refractivity contribution in [2.75, 3.05) is 19.5 Å². The van der Waals surface area contributed by atoms with Gasteiger partial charge in [-0.05, 0) is 36.4 Å².